The zero-order valence-electron chi connectivity index (χ0n) is 15.4. The summed E-state index contributed by atoms with van der Waals surface area (Å²) in [6, 6.07) is 23.3. The monoisotopic (exact) mass is 361 g/mol. The molecule has 1 N–H and O–H groups in total. The first-order valence-corrected chi connectivity index (χ1v) is 9.73. The van der Waals surface area contributed by atoms with Gasteiger partial charge in [-0.2, -0.15) is 0 Å². The molecule has 1 aliphatic rings. The third kappa shape index (κ3) is 3.58. The van der Waals surface area contributed by atoms with E-state index in [1.54, 1.807) is 11.8 Å². The summed E-state index contributed by atoms with van der Waals surface area (Å²) in [5.41, 5.74) is 3.90. The van der Waals surface area contributed by atoms with E-state index < -0.39 is 0 Å². The molecule has 0 bridgehead atoms. The largest absolute Gasteiger partial charge is 0.455 e. The van der Waals surface area contributed by atoms with E-state index in [0.717, 1.165) is 28.6 Å². The van der Waals surface area contributed by atoms with E-state index in [0.29, 0.717) is 0 Å². The third-order valence-electron chi connectivity index (χ3n) is 4.55. The molecule has 4 rings (SSSR count). The Bertz CT molecular complexity index is 926. The van der Waals surface area contributed by atoms with Gasteiger partial charge in [-0.1, -0.05) is 68.9 Å². The minimum absolute atomic E-state index is 0.190. The average Bonchev–Trinajstić information content (AvgIpc) is 2.64. The lowest BCUT2D eigenvalue weighted by Crippen LogP contribution is -2.11. The highest BCUT2D eigenvalue weighted by atomic mass is 32.2. The zero-order valence-corrected chi connectivity index (χ0v) is 16.2. The van der Waals surface area contributed by atoms with Gasteiger partial charge >= 0.3 is 0 Å². The first-order chi connectivity index (χ1) is 12.5. The number of anilines is 1. The van der Waals surface area contributed by atoms with Crippen LogP contribution >= 0.6 is 11.8 Å². The van der Waals surface area contributed by atoms with Crippen molar-refractivity contribution in [3.05, 3.63) is 77.9 Å². The SMILES string of the molecule is CC(C)(C)c1ccc(CNc2ccc3c(c2)Oc2ccccc2S3)cc1. The van der Waals surface area contributed by atoms with Gasteiger partial charge in [0.05, 0.1) is 9.79 Å². The standard InChI is InChI=1S/C23H23NOS/c1-23(2,3)17-10-8-16(9-11-17)15-24-18-12-13-22-20(14-18)25-19-6-4-5-7-21(19)26-22/h4-14,24H,15H2,1-3H3. The minimum atomic E-state index is 0.190. The lowest BCUT2D eigenvalue weighted by Gasteiger charge is -2.20. The molecule has 0 fully saturated rings. The van der Waals surface area contributed by atoms with Crippen LogP contribution in [0.2, 0.25) is 0 Å². The van der Waals surface area contributed by atoms with Crippen LogP contribution in [0.3, 0.4) is 0 Å². The lowest BCUT2D eigenvalue weighted by atomic mass is 9.87. The van der Waals surface area contributed by atoms with Gasteiger partial charge in [0, 0.05) is 18.3 Å². The molecule has 0 saturated carbocycles. The highest BCUT2D eigenvalue weighted by Gasteiger charge is 2.17. The minimum Gasteiger partial charge on any atom is -0.455 e. The predicted molar refractivity (Wildman–Crippen MR) is 110 cm³/mol. The quantitative estimate of drug-likeness (QED) is 0.431. The Morgan fingerprint density at radius 1 is 0.846 bits per heavy atom. The number of nitrogens with one attached hydrogen (secondary N) is 1. The Hall–Kier alpha value is -2.39. The third-order valence-corrected chi connectivity index (χ3v) is 5.66. The van der Waals surface area contributed by atoms with E-state index in [4.69, 9.17) is 4.74 Å². The molecule has 1 aliphatic heterocycles. The predicted octanol–water partition coefficient (Wildman–Crippen LogP) is 6.85. The number of benzene rings is 3. The molecular weight excluding hydrogens is 338 g/mol. The number of rotatable bonds is 3. The van der Waals surface area contributed by atoms with E-state index in [-0.39, 0.29) is 5.41 Å². The Kier molecular flexibility index (Phi) is 4.41. The highest BCUT2D eigenvalue weighted by Crippen LogP contribution is 2.47. The van der Waals surface area contributed by atoms with Crippen LogP contribution < -0.4 is 10.1 Å². The second kappa shape index (κ2) is 6.73. The number of hydrogen-bond donors (Lipinski definition) is 1. The Morgan fingerprint density at radius 2 is 1.58 bits per heavy atom. The maximum atomic E-state index is 6.06. The van der Waals surface area contributed by atoms with Crippen LogP contribution in [0.25, 0.3) is 0 Å². The van der Waals surface area contributed by atoms with Crippen LogP contribution in [0.15, 0.2) is 76.5 Å². The van der Waals surface area contributed by atoms with Crippen molar-refractivity contribution in [1.82, 2.24) is 0 Å². The van der Waals surface area contributed by atoms with Crippen molar-refractivity contribution in [3.8, 4) is 11.5 Å². The number of para-hydroxylation sites is 1. The second-order valence-corrected chi connectivity index (χ2v) is 8.70. The fourth-order valence-corrected chi connectivity index (χ4v) is 3.90. The van der Waals surface area contributed by atoms with E-state index in [1.807, 2.05) is 18.2 Å². The summed E-state index contributed by atoms with van der Waals surface area (Å²) < 4.78 is 6.06. The molecule has 132 valence electrons. The maximum Gasteiger partial charge on any atom is 0.143 e. The number of ether oxygens (including phenoxy) is 1. The van der Waals surface area contributed by atoms with Gasteiger partial charge in [0.25, 0.3) is 0 Å². The van der Waals surface area contributed by atoms with Gasteiger partial charge in [0.15, 0.2) is 0 Å². The van der Waals surface area contributed by atoms with Crippen molar-refractivity contribution in [2.24, 2.45) is 0 Å². The van der Waals surface area contributed by atoms with Crippen molar-refractivity contribution in [2.45, 2.75) is 42.5 Å². The summed E-state index contributed by atoms with van der Waals surface area (Å²) in [6.07, 6.45) is 0. The summed E-state index contributed by atoms with van der Waals surface area (Å²) in [7, 11) is 0. The van der Waals surface area contributed by atoms with Gasteiger partial charge in [-0.15, -0.1) is 0 Å². The number of hydrogen-bond acceptors (Lipinski definition) is 3. The highest BCUT2D eigenvalue weighted by molar-refractivity contribution is 7.99. The lowest BCUT2D eigenvalue weighted by molar-refractivity contribution is 0.455. The Labute approximate surface area is 159 Å². The summed E-state index contributed by atoms with van der Waals surface area (Å²) in [5, 5.41) is 3.50. The summed E-state index contributed by atoms with van der Waals surface area (Å²) in [6.45, 7) is 7.52. The Morgan fingerprint density at radius 3 is 2.35 bits per heavy atom. The van der Waals surface area contributed by atoms with E-state index >= 15 is 0 Å². The summed E-state index contributed by atoms with van der Waals surface area (Å²) in [5.74, 6) is 1.85. The number of fused-ring (bicyclic) bond motifs is 2. The molecule has 3 heteroatoms. The molecule has 0 unspecified atom stereocenters. The maximum absolute atomic E-state index is 6.06. The summed E-state index contributed by atoms with van der Waals surface area (Å²) >= 11 is 1.76. The molecule has 0 spiro atoms. The smallest absolute Gasteiger partial charge is 0.143 e. The average molecular weight is 362 g/mol. The zero-order chi connectivity index (χ0) is 18.1. The van der Waals surface area contributed by atoms with Gasteiger partial charge < -0.3 is 10.1 Å². The van der Waals surface area contributed by atoms with Gasteiger partial charge in [-0.3, -0.25) is 0 Å². The van der Waals surface area contributed by atoms with E-state index in [2.05, 4.69) is 74.6 Å². The molecular formula is C23H23NOS. The molecule has 0 radical (unpaired) electrons. The molecule has 2 nitrogen and oxygen atoms in total. The van der Waals surface area contributed by atoms with E-state index in [1.165, 1.54) is 16.0 Å². The fraction of sp³-hybridized carbons (Fsp3) is 0.217. The van der Waals surface area contributed by atoms with Crippen molar-refractivity contribution >= 4 is 17.4 Å². The van der Waals surface area contributed by atoms with Gasteiger partial charge in [0.2, 0.25) is 0 Å². The van der Waals surface area contributed by atoms with Crippen molar-refractivity contribution < 1.29 is 4.74 Å². The molecule has 0 aliphatic carbocycles. The van der Waals surface area contributed by atoms with Crippen molar-refractivity contribution in [2.75, 3.05) is 5.32 Å². The molecule has 3 aromatic carbocycles. The van der Waals surface area contributed by atoms with Crippen molar-refractivity contribution in [1.29, 1.82) is 0 Å². The first kappa shape index (κ1) is 17.0. The van der Waals surface area contributed by atoms with Gasteiger partial charge in [0.1, 0.15) is 11.5 Å². The molecule has 0 atom stereocenters. The fourth-order valence-electron chi connectivity index (χ4n) is 2.96. The molecule has 0 aromatic heterocycles. The van der Waals surface area contributed by atoms with Crippen LogP contribution in [0.4, 0.5) is 5.69 Å². The molecule has 0 amide bonds. The first-order valence-electron chi connectivity index (χ1n) is 8.91. The van der Waals surface area contributed by atoms with Crippen LogP contribution in [-0.4, -0.2) is 0 Å². The Balaban J connectivity index is 1.45. The molecule has 26 heavy (non-hydrogen) atoms. The molecule has 1 heterocycles. The van der Waals surface area contributed by atoms with Crippen LogP contribution in [0, 0.1) is 0 Å². The molecule has 0 saturated heterocycles. The van der Waals surface area contributed by atoms with Crippen LogP contribution in [0.5, 0.6) is 11.5 Å². The molecule has 3 aromatic rings. The topological polar surface area (TPSA) is 21.3 Å². The normalized spacial score (nSPS) is 12.7. The van der Waals surface area contributed by atoms with Crippen LogP contribution in [0.1, 0.15) is 31.9 Å². The van der Waals surface area contributed by atoms with Crippen LogP contribution in [-0.2, 0) is 12.0 Å². The second-order valence-electron chi connectivity index (χ2n) is 7.61. The van der Waals surface area contributed by atoms with Crippen molar-refractivity contribution in [3.63, 3.8) is 0 Å². The summed E-state index contributed by atoms with van der Waals surface area (Å²) in [4.78, 5) is 2.32. The van der Waals surface area contributed by atoms with Gasteiger partial charge in [-0.05, 0) is 40.8 Å². The van der Waals surface area contributed by atoms with E-state index in [9.17, 15) is 0 Å². The van der Waals surface area contributed by atoms with Gasteiger partial charge in [-0.25, -0.2) is 0 Å².